The van der Waals surface area contributed by atoms with Crippen molar-refractivity contribution in [1.82, 2.24) is 15.6 Å². The smallest absolute Gasteiger partial charge is 0.233 e. The molecule has 1 atom stereocenters. The van der Waals surface area contributed by atoms with E-state index in [1.54, 1.807) is 18.2 Å². The van der Waals surface area contributed by atoms with Crippen LogP contribution in [-0.4, -0.2) is 17.3 Å². The number of nitrogens with zero attached hydrogens (tertiary/aromatic N) is 2. The molecule has 2 heterocycles. The summed E-state index contributed by atoms with van der Waals surface area (Å²) >= 11 is 6.11. The van der Waals surface area contributed by atoms with Crippen LogP contribution in [0.3, 0.4) is 0 Å². The highest BCUT2D eigenvalue weighted by molar-refractivity contribution is 6.34. The van der Waals surface area contributed by atoms with Gasteiger partial charge in [0.15, 0.2) is 5.58 Å². The monoisotopic (exact) mass is 304 g/mol. The van der Waals surface area contributed by atoms with Gasteiger partial charge >= 0.3 is 0 Å². The van der Waals surface area contributed by atoms with Crippen molar-refractivity contribution in [3.8, 4) is 5.88 Å². The molecule has 0 aliphatic rings. The minimum atomic E-state index is -0.424. The maximum Gasteiger partial charge on any atom is 0.233 e. The van der Waals surface area contributed by atoms with Gasteiger partial charge in [0.05, 0.1) is 17.8 Å². The first kappa shape index (κ1) is 13.8. The summed E-state index contributed by atoms with van der Waals surface area (Å²) in [7, 11) is 1.53. The van der Waals surface area contributed by atoms with Gasteiger partial charge in [0, 0.05) is 11.5 Å². The summed E-state index contributed by atoms with van der Waals surface area (Å²) in [5.41, 5.74) is 3.91. The summed E-state index contributed by atoms with van der Waals surface area (Å²) < 4.78 is 10.8. The second-order valence-electron chi connectivity index (χ2n) is 4.41. The average molecular weight is 305 g/mol. The SMILES string of the molecule is COc1ccc(C(NN)c2cc3cccc(Cl)c3o2)nn1. The third-order valence-corrected chi connectivity index (χ3v) is 3.43. The number of furan rings is 1. The molecule has 6 nitrogen and oxygen atoms in total. The summed E-state index contributed by atoms with van der Waals surface area (Å²) in [5, 5.41) is 9.46. The largest absolute Gasteiger partial charge is 0.480 e. The Balaban J connectivity index is 2.02. The van der Waals surface area contributed by atoms with Crippen molar-refractivity contribution in [2.45, 2.75) is 6.04 Å². The number of methoxy groups -OCH3 is 1. The zero-order valence-corrected chi connectivity index (χ0v) is 12.0. The van der Waals surface area contributed by atoms with Gasteiger partial charge in [-0.1, -0.05) is 23.7 Å². The molecule has 3 N–H and O–H groups in total. The van der Waals surface area contributed by atoms with E-state index in [0.29, 0.717) is 27.9 Å². The molecule has 7 heteroatoms. The molecule has 1 unspecified atom stereocenters. The lowest BCUT2D eigenvalue weighted by atomic mass is 10.1. The van der Waals surface area contributed by atoms with Crippen LogP contribution in [-0.2, 0) is 0 Å². The van der Waals surface area contributed by atoms with Gasteiger partial charge in [-0.05, 0) is 18.2 Å². The molecular formula is C14H13ClN4O2. The van der Waals surface area contributed by atoms with Gasteiger partial charge in [-0.3, -0.25) is 5.84 Å². The number of ether oxygens (including phenoxy) is 1. The predicted molar refractivity (Wildman–Crippen MR) is 79.0 cm³/mol. The number of fused-ring (bicyclic) bond motifs is 1. The Kier molecular flexibility index (Phi) is 3.74. The number of aromatic nitrogens is 2. The number of hydrogen-bond donors (Lipinski definition) is 2. The van der Waals surface area contributed by atoms with E-state index in [1.807, 2.05) is 18.2 Å². The van der Waals surface area contributed by atoms with E-state index in [-0.39, 0.29) is 0 Å². The van der Waals surface area contributed by atoms with E-state index in [2.05, 4.69) is 15.6 Å². The van der Waals surface area contributed by atoms with Gasteiger partial charge in [0.2, 0.25) is 5.88 Å². The first-order chi connectivity index (χ1) is 10.2. The minimum Gasteiger partial charge on any atom is -0.480 e. The van der Waals surface area contributed by atoms with Gasteiger partial charge in [-0.2, -0.15) is 0 Å². The van der Waals surface area contributed by atoms with E-state index in [9.17, 15) is 0 Å². The van der Waals surface area contributed by atoms with Gasteiger partial charge in [0.25, 0.3) is 0 Å². The Morgan fingerprint density at radius 1 is 1.29 bits per heavy atom. The lowest BCUT2D eigenvalue weighted by molar-refractivity contribution is 0.388. The molecular weight excluding hydrogens is 292 g/mol. The summed E-state index contributed by atoms with van der Waals surface area (Å²) in [6, 6.07) is 10.5. The second kappa shape index (κ2) is 5.69. The number of rotatable bonds is 4. The molecule has 0 aliphatic heterocycles. The molecule has 21 heavy (non-hydrogen) atoms. The average Bonchev–Trinajstić information content (AvgIpc) is 2.94. The van der Waals surface area contributed by atoms with Gasteiger partial charge < -0.3 is 9.15 Å². The standard InChI is InChI=1S/C14H13ClN4O2/c1-20-12-6-5-10(18-19-12)13(17-16)11-7-8-3-2-4-9(15)14(8)21-11/h2-7,13,17H,16H2,1H3. The molecule has 1 aromatic carbocycles. The van der Waals surface area contributed by atoms with E-state index in [0.717, 1.165) is 5.39 Å². The van der Waals surface area contributed by atoms with Gasteiger partial charge in [0.1, 0.15) is 11.8 Å². The first-order valence-corrected chi connectivity index (χ1v) is 6.62. The number of benzene rings is 1. The fourth-order valence-electron chi connectivity index (χ4n) is 2.10. The normalized spacial score (nSPS) is 12.5. The molecule has 0 fully saturated rings. The van der Waals surface area contributed by atoms with E-state index in [4.69, 9.17) is 26.6 Å². The van der Waals surface area contributed by atoms with Crippen LogP contribution < -0.4 is 16.0 Å². The molecule has 0 radical (unpaired) electrons. The van der Waals surface area contributed by atoms with Crippen LogP contribution in [0.5, 0.6) is 5.88 Å². The van der Waals surface area contributed by atoms with E-state index in [1.165, 1.54) is 7.11 Å². The summed E-state index contributed by atoms with van der Waals surface area (Å²) in [6.45, 7) is 0. The highest BCUT2D eigenvalue weighted by Crippen LogP contribution is 2.31. The Morgan fingerprint density at radius 2 is 2.14 bits per heavy atom. The zero-order valence-electron chi connectivity index (χ0n) is 11.2. The van der Waals surface area contributed by atoms with E-state index < -0.39 is 6.04 Å². The molecule has 0 saturated heterocycles. The number of nitrogens with two attached hydrogens (primary N) is 1. The maximum atomic E-state index is 6.11. The highest BCUT2D eigenvalue weighted by atomic mass is 35.5. The van der Waals surface area contributed by atoms with E-state index >= 15 is 0 Å². The molecule has 0 amide bonds. The molecule has 108 valence electrons. The Bertz CT molecular complexity index is 757. The Labute approximate surface area is 125 Å². The molecule has 0 saturated carbocycles. The lowest BCUT2D eigenvalue weighted by Gasteiger charge is -2.12. The molecule has 3 rings (SSSR count). The molecule has 0 spiro atoms. The van der Waals surface area contributed by atoms with Crippen molar-refractivity contribution < 1.29 is 9.15 Å². The second-order valence-corrected chi connectivity index (χ2v) is 4.81. The summed E-state index contributed by atoms with van der Waals surface area (Å²) in [6.07, 6.45) is 0. The highest BCUT2D eigenvalue weighted by Gasteiger charge is 2.20. The summed E-state index contributed by atoms with van der Waals surface area (Å²) in [4.78, 5) is 0. The molecule has 0 bridgehead atoms. The fourth-order valence-corrected chi connectivity index (χ4v) is 2.32. The third kappa shape index (κ3) is 2.56. The Hall–Kier alpha value is -2.15. The first-order valence-electron chi connectivity index (χ1n) is 6.24. The summed E-state index contributed by atoms with van der Waals surface area (Å²) in [5.74, 6) is 6.67. The van der Waals surface area contributed by atoms with Crippen LogP contribution in [0.25, 0.3) is 11.0 Å². The number of hydrogen-bond acceptors (Lipinski definition) is 6. The van der Waals surface area contributed by atoms with Gasteiger partial charge in [-0.15, -0.1) is 10.2 Å². The zero-order chi connectivity index (χ0) is 14.8. The number of nitrogens with one attached hydrogen (secondary N) is 1. The van der Waals surface area contributed by atoms with Crippen LogP contribution in [0.15, 0.2) is 40.8 Å². The van der Waals surface area contributed by atoms with Crippen molar-refractivity contribution >= 4 is 22.6 Å². The molecule has 2 aromatic heterocycles. The number of halogens is 1. The van der Waals surface area contributed by atoms with Gasteiger partial charge in [-0.25, -0.2) is 5.43 Å². The van der Waals surface area contributed by atoms with Crippen molar-refractivity contribution in [2.75, 3.05) is 7.11 Å². The van der Waals surface area contributed by atoms with Crippen LogP contribution in [0.1, 0.15) is 17.5 Å². The van der Waals surface area contributed by atoms with Crippen LogP contribution >= 0.6 is 11.6 Å². The Morgan fingerprint density at radius 3 is 2.76 bits per heavy atom. The fraction of sp³-hybridized carbons (Fsp3) is 0.143. The maximum absolute atomic E-state index is 6.11. The van der Waals surface area contributed by atoms with Crippen LogP contribution in [0.2, 0.25) is 5.02 Å². The van der Waals surface area contributed by atoms with Crippen molar-refractivity contribution in [2.24, 2.45) is 5.84 Å². The quantitative estimate of drug-likeness (QED) is 0.569. The third-order valence-electron chi connectivity index (χ3n) is 3.13. The van der Waals surface area contributed by atoms with Crippen LogP contribution in [0.4, 0.5) is 0 Å². The minimum absolute atomic E-state index is 0.424. The molecule has 3 aromatic rings. The van der Waals surface area contributed by atoms with Crippen molar-refractivity contribution in [3.05, 3.63) is 52.9 Å². The molecule has 0 aliphatic carbocycles. The topological polar surface area (TPSA) is 86.2 Å². The van der Waals surface area contributed by atoms with Crippen molar-refractivity contribution in [1.29, 1.82) is 0 Å². The lowest BCUT2D eigenvalue weighted by Crippen LogP contribution is -2.29. The van der Waals surface area contributed by atoms with Crippen LogP contribution in [0, 0.1) is 0 Å². The predicted octanol–water partition coefficient (Wildman–Crippen LogP) is 2.44. The number of hydrazine groups is 1. The van der Waals surface area contributed by atoms with Crippen molar-refractivity contribution in [3.63, 3.8) is 0 Å². The number of para-hydroxylation sites is 1.